The molecular formula is C7H5FN2O3. The van der Waals surface area contributed by atoms with Crippen LogP contribution in [0.25, 0.3) is 0 Å². The molecule has 1 rings (SSSR count). The Kier molecular flexibility index (Phi) is 2.53. The van der Waals surface area contributed by atoms with Gasteiger partial charge in [0.1, 0.15) is 5.82 Å². The number of hydrogen-bond donors (Lipinski definition) is 1. The van der Waals surface area contributed by atoms with Crippen molar-refractivity contribution in [1.82, 2.24) is 0 Å². The predicted octanol–water partition coefficient (Wildman–Crippen LogP) is 1.54. The average molecular weight is 184 g/mol. The van der Waals surface area contributed by atoms with E-state index >= 15 is 0 Å². The van der Waals surface area contributed by atoms with Crippen LogP contribution in [0.5, 0.6) is 0 Å². The number of nitro groups is 1. The topological polar surface area (TPSA) is 75.7 Å². The SMILES string of the molecule is O=[N+]([O-])c1ccc(/C=N\O)c(F)c1. The van der Waals surface area contributed by atoms with Crippen molar-refractivity contribution in [2.45, 2.75) is 0 Å². The summed E-state index contributed by atoms with van der Waals surface area (Å²) in [7, 11) is 0. The molecular weight excluding hydrogens is 179 g/mol. The first-order chi connectivity index (χ1) is 6.15. The van der Waals surface area contributed by atoms with E-state index in [2.05, 4.69) is 5.16 Å². The summed E-state index contributed by atoms with van der Waals surface area (Å²) in [6.07, 6.45) is 0.860. The molecule has 0 aliphatic carbocycles. The van der Waals surface area contributed by atoms with Crippen molar-refractivity contribution in [3.8, 4) is 0 Å². The van der Waals surface area contributed by atoms with Crippen LogP contribution in [0.3, 0.4) is 0 Å². The highest BCUT2D eigenvalue weighted by Crippen LogP contribution is 2.14. The van der Waals surface area contributed by atoms with E-state index in [-0.39, 0.29) is 11.3 Å². The van der Waals surface area contributed by atoms with Crippen molar-refractivity contribution in [2.75, 3.05) is 0 Å². The lowest BCUT2D eigenvalue weighted by atomic mass is 10.2. The van der Waals surface area contributed by atoms with E-state index in [9.17, 15) is 14.5 Å². The van der Waals surface area contributed by atoms with Crippen LogP contribution in [0.1, 0.15) is 5.56 Å². The Bertz CT molecular complexity index is 365. The van der Waals surface area contributed by atoms with Gasteiger partial charge in [0.2, 0.25) is 0 Å². The van der Waals surface area contributed by atoms with E-state index in [4.69, 9.17) is 5.21 Å². The number of benzene rings is 1. The highest BCUT2D eigenvalue weighted by Gasteiger charge is 2.08. The molecule has 1 aromatic rings. The van der Waals surface area contributed by atoms with Gasteiger partial charge < -0.3 is 5.21 Å². The number of oxime groups is 1. The van der Waals surface area contributed by atoms with Crippen molar-refractivity contribution in [1.29, 1.82) is 0 Å². The van der Waals surface area contributed by atoms with E-state index in [1.165, 1.54) is 0 Å². The molecule has 0 bridgehead atoms. The minimum Gasteiger partial charge on any atom is -0.411 e. The largest absolute Gasteiger partial charge is 0.411 e. The van der Waals surface area contributed by atoms with Crippen LogP contribution in [-0.4, -0.2) is 16.3 Å². The molecule has 13 heavy (non-hydrogen) atoms. The maximum absolute atomic E-state index is 12.9. The zero-order valence-corrected chi connectivity index (χ0v) is 6.35. The molecule has 1 N–H and O–H groups in total. The molecule has 0 aromatic heterocycles. The molecule has 0 aliphatic heterocycles. The lowest BCUT2D eigenvalue weighted by molar-refractivity contribution is -0.385. The van der Waals surface area contributed by atoms with Gasteiger partial charge in [-0.2, -0.15) is 0 Å². The van der Waals surface area contributed by atoms with Crippen molar-refractivity contribution >= 4 is 11.9 Å². The molecule has 0 radical (unpaired) electrons. The third-order valence-corrected chi connectivity index (χ3v) is 1.39. The normalized spacial score (nSPS) is 10.5. The molecule has 0 saturated heterocycles. The van der Waals surface area contributed by atoms with Crippen LogP contribution in [0, 0.1) is 15.9 Å². The fourth-order valence-electron chi connectivity index (χ4n) is 0.797. The zero-order chi connectivity index (χ0) is 9.84. The van der Waals surface area contributed by atoms with Crippen LogP contribution >= 0.6 is 0 Å². The Labute approximate surface area is 72.3 Å². The molecule has 0 heterocycles. The fraction of sp³-hybridized carbons (Fsp3) is 0. The second-order valence-electron chi connectivity index (χ2n) is 2.21. The molecule has 0 amide bonds. The molecule has 0 spiro atoms. The molecule has 6 heteroatoms. The summed E-state index contributed by atoms with van der Waals surface area (Å²) in [5, 5.41) is 20.9. The minimum absolute atomic E-state index is 0.00639. The summed E-state index contributed by atoms with van der Waals surface area (Å²) < 4.78 is 12.9. The molecule has 68 valence electrons. The van der Waals surface area contributed by atoms with E-state index in [1.54, 1.807) is 0 Å². The quantitative estimate of drug-likeness (QED) is 0.328. The van der Waals surface area contributed by atoms with Crippen LogP contribution < -0.4 is 0 Å². The smallest absolute Gasteiger partial charge is 0.272 e. The fourth-order valence-corrected chi connectivity index (χ4v) is 0.797. The van der Waals surface area contributed by atoms with Gasteiger partial charge in [0, 0.05) is 11.6 Å². The van der Waals surface area contributed by atoms with Gasteiger partial charge in [-0.3, -0.25) is 10.1 Å². The number of nitro benzene ring substituents is 1. The van der Waals surface area contributed by atoms with Crippen LogP contribution in [0.4, 0.5) is 10.1 Å². The van der Waals surface area contributed by atoms with Gasteiger partial charge in [0.05, 0.1) is 17.2 Å². The van der Waals surface area contributed by atoms with Gasteiger partial charge in [0.25, 0.3) is 5.69 Å². The molecule has 0 saturated carbocycles. The number of halogens is 1. The summed E-state index contributed by atoms with van der Waals surface area (Å²) in [6, 6.07) is 3.05. The average Bonchev–Trinajstić information content (AvgIpc) is 2.08. The first kappa shape index (κ1) is 9.11. The van der Waals surface area contributed by atoms with Crippen molar-refractivity contribution < 1.29 is 14.5 Å². The van der Waals surface area contributed by atoms with Gasteiger partial charge in [-0.25, -0.2) is 4.39 Å². The number of hydrogen-bond acceptors (Lipinski definition) is 4. The summed E-state index contributed by atoms with van der Waals surface area (Å²) in [6.45, 7) is 0. The molecule has 0 unspecified atom stereocenters. The standard InChI is InChI=1S/C7H5FN2O3/c8-7-3-6(10(12)13)2-1-5(7)4-9-11/h1-4,11H/b9-4-. The van der Waals surface area contributed by atoms with Gasteiger partial charge in [0.15, 0.2) is 0 Å². The van der Waals surface area contributed by atoms with E-state index in [0.717, 1.165) is 24.4 Å². The Morgan fingerprint density at radius 2 is 2.31 bits per heavy atom. The maximum Gasteiger partial charge on any atom is 0.272 e. The Morgan fingerprint density at radius 3 is 2.77 bits per heavy atom. The maximum atomic E-state index is 12.9. The highest BCUT2D eigenvalue weighted by atomic mass is 19.1. The Morgan fingerprint density at radius 1 is 1.62 bits per heavy atom. The summed E-state index contributed by atoms with van der Waals surface area (Å²) in [5.74, 6) is -0.799. The third kappa shape index (κ3) is 1.98. The molecule has 0 atom stereocenters. The molecule has 0 aliphatic rings. The van der Waals surface area contributed by atoms with Crippen LogP contribution in [0.15, 0.2) is 23.4 Å². The summed E-state index contributed by atoms with van der Waals surface area (Å²) >= 11 is 0. The van der Waals surface area contributed by atoms with Gasteiger partial charge in [-0.1, -0.05) is 5.16 Å². The lowest BCUT2D eigenvalue weighted by Crippen LogP contribution is -1.92. The molecule has 5 nitrogen and oxygen atoms in total. The van der Waals surface area contributed by atoms with Gasteiger partial charge in [-0.05, 0) is 6.07 Å². The third-order valence-electron chi connectivity index (χ3n) is 1.39. The van der Waals surface area contributed by atoms with Crippen LogP contribution in [0.2, 0.25) is 0 Å². The molecule has 1 aromatic carbocycles. The summed E-state index contributed by atoms with van der Waals surface area (Å²) in [5.41, 5.74) is -0.347. The zero-order valence-electron chi connectivity index (χ0n) is 6.35. The first-order valence-corrected chi connectivity index (χ1v) is 3.26. The van der Waals surface area contributed by atoms with Crippen LogP contribution in [-0.2, 0) is 0 Å². The van der Waals surface area contributed by atoms with Gasteiger partial charge >= 0.3 is 0 Å². The summed E-state index contributed by atoms with van der Waals surface area (Å²) in [4.78, 5) is 9.47. The molecule has 0 fully saturated rings. The van der Waals surface area contributed by atoms with Gasteiger partial charge in [-0.15, -0.1) is 0 Å². The minimum atomic E-state index is -0.799. The van der Waals surface area contributed by atoms with E-state index in [1.807, 2.05) is 0 Å². The monoisotopic (exact) mass is 184 g/mol. The van der Waals surface area contributed by atoms with Crippen molar-refractivity contribution in [2.24, 2.45) is 5.16 Å². The van der Waals surface area contributed by atoms with Crippen molar-refractivity contribution in [3.05, 3.63) is 39.7 Å². The lowest BCUT2D eigenvalue weighted by Gasteiger charge is -1.94. The second-order valence-corrected chi connectivity index (χ2v) is 2.21. The van der Waals surface area contributed by atoms with Crippen molar-refractivity contribution in [3.63, 3.8) is 0 Å². The number of nitrogens with zero attached hydrogens (tertiary/aromatic N) is 2. The van der Waals surface area contributed by atoms with E-state index < -0.39 is 10.7 Å². The Balaban J connectivity index is 3.12. The second kappa shape index (κ2) is 3.61. The highest BCUT2D eigenvalue weighted by molar-refractivity contribution is 5.79. The number of non-ortho nitro benzene ring substituents is 1. The Hall–Kier alpha value is -1.98. The first-order valence-electron chi connectivity index (χ1n) is 3.26. The van der Waals surface area contributed by atoms with E-state index in [0.29, 0.717) is 0 Å². The number of rotatable bonds is 2. The predicted molar refractivity (Wildman–Crippen MR) is 42.4 cm³/mol.